The molecule has 2 N–H and O–H groups in total. The lowest BCUT2D eigenvalue weighted by Crippen LogP contribution is -2.26. The molecule has 0 radical (unpaired) electrons. The molecule has 3 aromatic rings. The minimum absolute atomic E-state index is 0.200. The highest BCUT2D eigenvalue weighted by atomic mass is 35.5. The van der Waals surface area contributed by atoms with Crippen LogP contribution in [0.5, 0.6) is 0 Å². The third-order valence-electron chi connectivity index (χ3n) is 3.47. The van der Waals surface area contributed by atoms with Crippen molar-refractivity contribution in [1.82, 2.24) is 20.4 Å². The molecule has 0 fully saturated rings. The lowest BCUT2D eigenvalue weighted by Gasteiger charge is -2.00. The van der Waals surface area contributed by atoms with Crippen LogP contribution >= 0.6 is 11.6 Å². The minimum atomic E-state index is -0.250. The standard InChI is InChI=1S/C16H17ClN4O2/c1-9(2)14-8-13(21-23-14)16(22)18-6-5-15-19-11-4-3-10(17)7-12(11)20-15/h3-4,7-9H,5-6H2,1-2H3,(H,18,22)(H,19,20). The summed E-state index contributed by atoms with van der Waals surface area (Å²) in [6.45, 7) is 4.42. The highest BCUT2D eigenvalue weighted by molar-refractivity contribution is 6.31. The average Bonchev–Trinajstić information content (AvgIpc) is 3.12. The third kappa shape index (κ3) is 3.53. The maximum atomic E-state index is 12.0. The molecule has 0 saturated heterocycles. The van der Waals surface area contributed by atoms with E-state index in [1.165, 1.54) is 0 Å². The van der Waals surface area contributed by atoms with Gasteiger partial charge in [0.1, 0.15) is 11.6 Å². The first-order chi connectivity index (χ1) is 11.0. The van der Waals surface area contributed by atoms with Crippen molar-refractivity contribution >= 4 is 28.5 Å². The number of nitrogens with one attached hydrogen (secondary N) is 2. The molecular weight excluding hydrogens is 316 g/mol. The number of aromatic nitrogens is 3. The van der Waals surface area contributed by atoms with Crippen LogP contribution < -0.4 is 5.32 Å². The molecule has 0 atom stereocenters. The van der Waals surface area contributed by atoms with E-state index in [-0.39, 0.29) is 11.8 Å². The molecule has 2 aromatic heterocycles. The number of carbonyl (C=O) groups is 1. The van der Waals surface area contributed by atoms with Gasteiger partial charge >= 0.3 is 0 Å². The number of benzene rings is 1. The Hall–Kier alpha value is -2.34. The van der Waals surface area contributed by atoms with E-state index < -0.39 is 0 Å². The van der Waals surface area contributed by atoms with Gasteiger partial charge in [0.15, 0.2) is 5.69 Å². The monoisotopic (exact) mass is 332 g/mol. The lowest BCUT2D eigenvalue weighted by atomic mass is 10.1. The molecule has 23 heavy (non-hydrogen) atoms. The summed E-state index contributed by atoms with van der Waals surface area (Å²) in [5.74, 6) is 1.45. The Bertz CT molecular complexity index is 838. The summed E-state index contributed by atoms with van der Waals surface area (Å²) in [6, 6.07) is 7.16. The molecule has 120 valence electrons. The van der Waals surface area contributed by atoms with Crippen molar-refractivity contribution in [3.8, 4) is 0 Å². The van der Waals surface area contributed by atoms with E-state index in [2.05, 4.69) is 20.4 Å². The Morgan fingerprint density at radius 1 is 1.39 bits per heavy atom. The number of nitrogens with zero attached hydrogens (tertiary/aromatic N) is 2. The summed E-state index contributed by atoms with van der Waals surface area (Å²) in [7, 11) is 0. The van der Waals surface area contributed by atoms with Gasteiger partial charge in [-0.1, -0.05) is 30.6 Å². The molecular formula is C16H17ClN4O2. The first-order valence-electron chi connectivity index (χ1n) is 7.42. The van der Waals surface area contributed by atoms with Crippen molar-refractivity contribution in [3.63, 3.8) is 0 Å². The van der Waals surface area contributed by atoms with Crippen LogP contribution in [0.3, 0.4) is 0 Å². The average molecular weight is 333 g/mol. The minimum Gasteiger partial charge on any atom is -0.360 e. The van der Waals surface area contributed by atoms with Crippen LogP contribution in [0.25, 0.3) is 11.0 Å². The molecule has 0 aliphatic carbocycles. The largest absolute Gasteiger partial charge is 0.360 e. The molecule has 1 aromatic carbocycles. The number of fused-ring (bicyclic) bond motifs is 1. The zero-order valence-electron chi connectivity index (χ0n) is 12.9. The lowest BCUT2D eigenvalue weighted by molar-refractivity contribution is 0.0945. The van der Waals surface area contributed by atoms with Crippen molar-refractivity contribution in [1.29, 1.82) is 0 Å². The van der Waals surface area contributed by atoms with Crippen LogP contribution in [0.2, 0.25) is 5.02 Å². The van der Waals surface area contributed by atoms with Crippen LogP contribution in [0.4, 0.5) is 0 Å². The van der Waals surface area contributed by atoms with Gasteiger partial charge in [0.2, 0.25) is 0 Å². The summed E-state index contributed by atoms with van der Waals surface area (Å²) >= 11 is 5.95. The maximum Gasteiger partial charge on any atom is 0.273 e. The second-order valence-corrected chi connectivity index (χ2v) is 6.06. The summed E-state index contributed by atoms with van der Waals surface area (Å²) in [5.41, 5.74) is 2.04. The Morgan fingerprint density at radius 2 is 2.22 bits per heavy atom. The zero-order chi connectivity index (χ0) is 16.4. The van der Waals surface area contributed by atoms with Gasteiger partial charge in [-0.3, -0.25) is 4.79 Å². The maximum absolute atomic E-state index is 12.0. The van der Waals surface area contributed by atoms with Gasteiger partial charge in [0, 0.05) is 30.0 Å². The molecule has 2 heterocycles. The van der Waals surface area contributed by atoms with E-state index in [1.807, 2.05) is 26.0 Å². The summed E-state index contributed by atoms with van der Waals surface area (Å²) in [6.07, 6.45) is 0.590. The van der Waals surface area contributed by atoms with E-state index in [9.17, 15) is 4.79 Å². The fraction of sp³-hybridized carbons (Fsp3) is 0.312. The predicted octanol–water partition coefficient (Wildman–Crippen LogP) is 3.30. The molecule has 0 spiro atoms. The number of amides is 1. The Labute approximate surface area is 138 Å². The Balaban J connectivity index is 1.58. The molecule has 0 bridgehead atoms. The number of aromatic amines is 1. The normalized spacial score (nSPS) is 11.3. The highest BCUT2D eigenvalue weighted by Gasteiger charge is 2.14. The fourth-order valence-electron chi connectivity index (χ4n) is 2.21. The third-order valence-corrected chi connectivity index (χ3v) is 3.71. The second-order valence-electron chi connectivity index (χ2n) is 5.62. The number of carbonyl (C=O) groups excluding carboxylic acids is 1. The second kappa shape index (κ2) is 6.42. The number of imidazole rings is 1. The van der Waals surface area contributed by atoms with Crippen LogP contribution in [0.1, 0.15) is 41.8 Å². The summed E-state index contributed by atoms with van der Waals surface area (Å²) in [4.78, 5) is 19.6. The number of hydrogen-bond acceptors (Lipinski definition) is 4. The number of hydrogen-bond donors (Lipinski definition) is 2. The number of H-pyrrole nitrogens is 1. The summed E-state index contributed by atoms with van der Waals surface area (Å²) < 4.78 is 5.12. The molecule has 0 aliphatic rings. The van der Waals surface area contributed by atoms with Gasteiger partial charge in [0.05, 0.1) is 11.0 Å². The zero-order valence-corrected chi connectivity index (χ0v) is 13.6. The van der Waals surface area contributed by atoms with Gasteiger partial charge in [-0.2, -0.15) is 0 Å². The van der Waals surface area contributed by atoms with Crippen molar-refractivity contribution in [3.05, 3.63) is 46.6 Å². The van der Waals surface area contributed by atoms with E-state index in [4.69, 9.17) is 16.1 Å². The predicted molar refractivity (Wildman–Crippen MR) is 87.7 cm³/mol. The van der Waals surface area contributed by atoms with Crippen molar-refractivity contribution in [2.75, 3.05) is 6.54 Å². The van der Waals surface area contributed by atoms with Crippen LogP contribution in [-0.4, -0.2) is 27.6 Å². The quantitative estimate of drug-likeness (QED) is 0.750. The topological polar surface area (TPSA) is 83.8 Å². The summed E-state index contributed by atoms with van der Waals surface area (Å²) in [5, 5.41) is 7.25. The van der Waals surface area contributed by atoms with E-state index >= 15 is 0 Å². The fourth-order valence-corrected chi connectivity index (χ4v) is 2.38. The van der Waals surface area contributed by atoms with Crippen LogP contribution in [0.15, 0.2) is 28.8 Å². The van der Waals surface area contributed by atoms with E-state index in [1.54, 1.807) is 12.1 Å². The van der Waals surface area contributed by atoms with Crippen molar-refractivity contribution < 1.29 is 9.32 Å². The van der Waals surface area contributed by atoms with Crippen molar-refractivity contribution in [2.24, 2.45) is 0 Å². The molecule has 0 aliphatic heterocycles. The van der Waals surface area contributed by atoms with Gasteiger partial charge < -0.3 is 14.8 Å². The Morgan fingerprint density at radius 3 is 2.96 bits per heavy atom. The highest BCUT2D eigenvalue weighted by Crippen LogP contribution is 2.17. The molecule has 0 saturated carbocycles. The molecule has 0 unspecified atom stereocenters. The SMILES string of the molecule is CC(C)c1cc(C(=O)NCCc2nc3ccc(Cl)cc3[nH]2)no1. The Kier molecular flexibility index (Phi) is 4.34. The van der Waals surface area contributed by atoms with Gasteiger partial charge in [-0.05, 0) is 18.2 Å². The van der Waals surface area contributed by atoms with Gasteiger partial charge in [-0.25, -0.2) is 4.98 Å². The van der Waals surface area contributed by atoms with E-state index in [0.29, 0.717) is 29.4 Å². The van der Waals surface area contributed by atoms with Crippen LogP contribution in [-0.2, 0) is 6.42 Å². The van der Waals surface area contributed by atoms with Crippen molar-refractivity contribution in [2.45, 2.75) is 26.2 Å². The first-order valence-corrected chi connectivity index (χ1v) is 7.79. The smallest absolute Gasteiger partial charge is 0.273 e. The number of halogens is 1. The molecule has 7 heteroatoms. The first kappa shape index (κ1) is 15.6. The number of rotatable bonds is 5. The molecule has 1 amide bonds. The molecule has 3 rings (SSSR count). The van der Waals surface area contributed by atoms with Gasteiger partial charge in [0.25, 0.3) is 5.91 Å². The van der Waals surface area contributed by atoms with E-state index in [0.717, 1.165) is 16.9 Å². The molecule has 6 nitrogen and oxygen atoms in total. The van der Waals surface area contributed by atoms with Gasteiger partial charge in [-0.15, -0.1) is 0 Å². The van der Waals surface area contributed by atoms with Crippen LogP contribution in [0, 0.1) is 0 Å².